The van der Waals surface area contributed by atoms with Crippen molar-refractivity contribution in [3.8, 4) is 11.5 Å². The number of methoxy groups -OCH3 is 2. The Morgan fingerprint density at radius 1 is 1.30 bits per heavy atom. The molecular formula is C17H23N3O6S. The molecule has 0 amide bonds. The van der Waals surface area contributed by atoms with Crippen molar-refractivity contribution in [3.05, 3.63) is 29.9 Å². The van der Waals surface area contributed by atoms with E-state index in [1.165, 1.54) is 24.6 Å². The van der Waals surface area contributed by atoms with Crippen LogP contribution in [0.1, 0.15) is 37.5 Å². The third-order valence-corrected chi connectivity index (χ3v) is 6.30. The fourth-order valence-corrected chi connectivity index (χ4v) is 4.88. The smallest absolute Gasteiger partial charge is 0.252 e. The van der Waals surface area contributed by atoms with Gasteiger partial charge in [0, 0.05) is 19.2 Å². The summed E-state index contributed by atoms with van der Waals surface area (Å²) in [6.45, 7) is 2.96. The van der Waals surface area contributed by atoms with Crippen molar-refractivity contribution in [1.29, 1.82) is 0 Å². The summed E-state index contributed by atoms with van der Waals surface area (Å²) in [4.78, 5) is 4.35. The van der Waals surface area contributed by atoms with Gasteiger partial charge in [-0.2, -0.15) is 9.29 Å². The molecule has 2 aromatic rings. The molecule has 0 spiro atoms. The highest BCUT2D eigenvalue weighted by Crippen LogP contribution is 2.38. The first kappa shape index (κ1) is 19.6. The van der Waals surface area contributed by atoms with Crippen molar-refractivity contribution in [2.75, 3.05) is 27.4 Å². The van der Waals surface area contributed by atoms with E-state index in [2.05, 4.69) is 10.1 Å². The van der Waals surface area contributed by atoms with Crippen molar-refractivity contribution < 1.29 is 27.2 Å². The van der Waals surface area contributed by atoms with Gasteiger partial charge in [0.15, 0.2) is 5.82 Å². The summed E-state index contributed by atoms with van der Waals surface area (Å²) in [6.07, 6.45) is 1.31. The largest absolute Gasteiger partial charge is 0.497 e. The average molecular weight is 397 g/mol. The van der Waals surface area contributed by atoms with Gasteiger partial charge in [-0.25, -0.2) is 8.42 Å². The zero-order chi connectivity index (χ0) is 19.4. The topological polar surface area (TPSA) is 104 Å². The highest BCUT2D eigenvalue weighted by Gasteiger charge is 2.40. The third-order valence-electron chi connectivity index (χ3n) is 4.37. The van der Waals surface area contributed by atoms with E-state index >= 15 is 0 Å². The van der Waals surface area contributed by atoms with Crippen LogP contribution in [0.25, 0.3) is 0 Å². The molecule has 1 aromatic carbocycles. The van der Waals surface area contributed by atoms with Gasteiger partial charge in [-0.15, -0.1) is 0 Å². The Morgan fingerprint density at radius 2 is 2.11 bits per heavy atom. The zero-order valence-corrected chi connectivity index (χ0v) is 16.4. The number of ether oxygens (including phenoxy) is 3. The SMILES string of the molecule is CCOCc1nc(C2CCCN2S(=O)(=O)c2cc(OC)ccc2OC)no1. The first-order valence-electron chi connectivity index (χ1n) is 8.65. The molecule has 10 heteroatoms. The van der Waals surface area contributed by atoms with Gasteiger partial charge < -0.3 is 18.7 Å². The molecule has 1 unspecified atom stereocenters. The van der Waals surface area contributed by atoms with Crippen LogP contribution in [-0.2, 0) is 21.4 Å². The van der Waals surface area contributed by atoms with E-state index in [1.807, 2.05) is 6.92 Å². The summed E-state index contributed by atoms with van der Waals surface area (Å²) < 4.78 is 48.9. The lowest BCUT2D eigenvalue weighted by Gasteiger charge is -2.23. The Bertz CT molecular complexity index is 883. The monoisotopic (exact) mass is 397 g/mol. The van der Waals surface area contributed by atoms with Gasteiger partial charge in [0.05, 0.1) is 20.3 Å². The molecule has 27 heavy (non-hydrogen) atoms. The maximum atomic E-state index is 13.3. The van der Waals surface area contributed by atoms with Crippen LogP contribution in [0.2, 0.25) is 0 Å². The quantitative estimate of drug-likeness (QED) is 0.667. The van der Waals surface area contributed by atoms with Crippen molar-refractivity contribution >= 4 is 10.0 Å². The zero-order valence-electron chi connectivity index (χ0n) is 15.5. The highest BCUT2D eigenvalue weighted by atomic mass is 32.2. The molecule has 3 rings (SSSR count). The van der Waals surface area contributed by atoms with Crippen molar-refractivity contribution in [3.63, 3.8) is 0 Å². The Hall–Kier alpha value is -2.17. The van der Waals surface area contributed by atoms with Crippen molar-refractivity contribution in [2.45, 2.75) is 37.3 Å². The molecule has 1 fully saturated rings. The molecule has 0 N–H and O–H groups in total. The Morgan fingerprint density at radius 3 is 2.81 bits per heavy atom. The van der Waals surface area contributed by atoms with Gasteiger partial charge in [-0.05, 0) is 31.9 Å². The molecule has 0 bridgehead atoms. The van der Waals surface area contributed by atoms with Crippen LogP contribution in [0.15, 0.2) is 27.6 Å². The molecule has 9 nitrogen and oxygen atoms in total. The van der Waals surface area contributed by atoms with Crippen molar-refractivity contribution in [1.82, 2.24) is 14.4 Å². The highest BCUT2D eigenvalue weighted by molar-refractivity contribution is 7.89. The molecule has 1 aliphatic heterocycles. The van der Waals surface area contributed by atoms with Gasteiger partial charge >= 0.3 is 0 Å². The normalized spacial score (nSPS) is 18.0. The van der Waals surface area contributed by atoms with Gasteiger partial charge in [0.1, 0.15) is 23.0 Å². The molecule has 1 atom stereocenters. The minimum Gasteiger partial charge on any atom is -0.497 e. The third kappa shape index (κ3) is 3.92. The molecule has 0 radical (unpaired) electrons. The first-order chi connectivity index (χ1) is 13.0. The number of nitrogens with zero attached hydrogens (tertiary/aromatic N) is 3. The molecule has 1 aromatic heterocycles. The molecule has 148 valence electrons. The lowest BCUT2D eigenvalue weighted by atomic mass is 10.2. The van der Waals surface area contributed by atoms with Crippen molar-refractivity contribution in [2.24, 2.45) is 0 Å². The van der Waals surface area contributed by atoms with E-state index in [-0.39, 0.29) is 17.3 Å². The molecule has 0 saturated carbocycles. The minimum absolute atomic E-state index is 0.0503. The lowest BCUT2D eigenvalue weighted by Crippen LogP contribution is -2.31. The van der Waals surface area contributed by atoms with Crippen LogP contribution >= 0.6 is 0 Å². The van der Waals surface area contributed by atoms with E-state index in [4.69, 9.17) is 18.7 Å². The minimum atomic E-state index is -3.84. The fraction of sp³-hybridized carbons (Fsp3) is 0.529. The van der Waals surface area contributed by atoms with Crippen LogP contribution < -0.4 is 9.47 Å². The summed E-state index contributed by atoms with van der Waals surface area (Å²) >= 11 is 0. The summed E-state index contributed by atoms with van der Waals surface area (Å²) in [6, 6.07) is 4.19. The standard InChI is InChI=1S/C17H23N3O6S/c1-4-25-11-16-18-17(19-26-16)13-6-5-9-20(13)27(21,22)15-10-12(23-2)7-8-14(15)24-3/h7-8,10,13H,4-6,9,11H2,1-3H3. The molecule has 1 aliphatic rings. The summed E-state index contributed by atoms with van der Waals surface area (Å²) in [7, 11) is -0.929. The van der Waals surface area contributed by atoms with Crippen LogP contribution in [-0.4, -0.2) is 50.2 Å². The molecule has 0 aliphatic carbocycles. The second-order valence-electron chi connectivity index (χ2n) is 5.97. The van der Waals surface area contributed by atoms with E-state index in [0.29, 0.717) is 43.5 Å². The second-order valence-corrected chi connectivity index (χ2v) is 7.83. The summed E-state index contributed by atoms with van der Waals surface area (Å²) in [5, 5.41) is 3.96. The van der Waals surface area contributed by atoms with E-state index in [1.54, 1.807) is 12.1 Å². The summed E-state index contributed by atoms with van der Waals surface area (Å²) in [5.74, 6) is 1.36. The number of rotatable bonds is 8. The maximum absolute atomic E-state index is 13.3. The Kier molecular flexibility index (Phi) is 5.98. The molecule has 1 saturated heterocycles. The number of hydrogen-bond donors (Lipinski definition) is 0. The number of benzene rings is 1. The predicted octanol–water partition coefficient (Wildman–Crippen LogP) is 2.15. The Labute approximate surface area is 158 Å². The van der Waals surface area contributed by atoms with Crippen LogP contribution in [0.5, 0.6) is 11.5 Å². The van der Waals surface area contributed by atoms with Crippen LogP contribution in [0.3, 0.4) is 0 Å². The van der Waals surface area contributed by atoms with E-state index < -0.39 is 16.1 Å². The van der Waals surface area contributed by atoms with Crippen LogP contribution in [0, 0.1) is 0 Å². The van der Waals surface area contributed by atoms with Crippen LogP contribution in [0.4, 0.5) is 0 Å². The van der Waals surface area contributed by atoms with E-state index in [9.17, 15) is 8.42 Å². The van der Waals surface area contributed by atoms with E-state index in [0.717, 1.165) is 0 Å². The van der Waals surface area contributed by atoms with Gasteiger partial charge in [-0.3, -0.25) is 0 Å². The number of sulfonamides is 1. The fourth-order valence-electron chi connectivity index (χ4n) is 3.05. The average Bonchev–Trinajstić information content (AvgIpc) is 3.35. The number of hydrogen-bond acceptors (Lipinski definition) is 8. The first-order valence-corrected chi connectivity index (χ1v) is 10.1. The maximum Gasteiger partial charge on any atom is 0.252 e. The molecular weight excluding hydrogens is 374 g/mol. The predicted molar refractivity (Wildman–Crippen MR) is 95.0 cm³/mol. The van der Waals surface area contributed by atoms with Gasteiger partial charge in [0.2, 0.25) is 10.0 Å². The Balaban J connectivity index is 1.93. The van der Waals surface area contributed by atoms with Gasteiger partial charge in [-0.1, -0.05) is 5.16 Å². The number of aromatic nitrogens is 2. The lowest BCUT2D eigenvalue weighted by molar-refractivity contribution is 0.109. The molecule has 2 heterocycles. The summed E-state index contributed by atoms with van der Waals surface area (Å²) in [5.41, 5.74) is 0. The second kappa shape index (κ2) is 8.24. The van der Waals surface area contributed by atoms with Gasteiger partial charge in [0.25, 0.3) is 5.89 Å².